The molecule has 0 atom stereocenters. The molecule has 0 unspecified atom stereocenters. The molecule has 2 aromatic heterocycles. The molecule has 1 aliphatic carbocycles. The van der Waals surface area contributed by atoms with Crippen molar-refractivity contribution in [3.8, 4) is 0 Å². The Morgan fingerprint density at radius 3 is 2.69 bits per heavy atom. The van der Waals surface area contributed by atoms with Gasteiger partial charge in [-0.2, -0.15) is 0 Å². The largest absolute Gasteiger partial charge is 0.309 e. The highest BCUT2D eigenvalue weighted by Crippen LogP contribution is 2.30. The molecule has 0 saturated heterocycles. The number of anilines is 1. The quantitative estimate of drug-likeness (QED) is 0.827. The third kappa shape index (κ3) is 4.83. The summed E-state index contributed by atoms with van der Waals surface area (Å²) in [5.41, 5.74) is 3.02. The van der Waals surface area contributed by atoms with Crippen molar-refractivity contribution in [2.24, 2.45) is 11.3 Å². The number of nitrogens with zero attached hydrogens (tertiary/aromatic N) is 3. The van der Waals surface area contributed by atoms with Gasteiger partial charge in [0.05, 0.1) is 0 Å². The van der Waals surface area contributed by atoms with Crippen LogP contribution in [0.3, 0.4) is 0 Å². The molecule has 0 aromatic carbocycles. The second-order valence-electron chi connectivity index (χ2n) is 9.05. The number of carbonyl (C=O) groups is 1. The first-order valence-electron chi connectivity index (χ1n) is 9.95. The number of aryl methyl sites for hydroxylation is 1. The fourth-order valence-electron chi connectivity index (χ4n) is 3.88. The van der Waals surface area contributed by atoms with Crippen LogP contribution in [-0.2, 0) is 11.2 Å². The summed E-state index contributed by atoms with van der Waals surface area (Å²) in [5, 5.41) is 7.69. The summed E-state index contributed by atoms with van der Waals surface area (Å²) in [7, 11) is 0. The Morgan fingerprint density at radius 2 is 2.00 bits per heavy atom. The number of rotatable bonds is 5. The second-order valence-corrected chi connectivity index (χ2v) is 9.05. The Bertz CT molecular complexity index is 766. The average Bonchev–Trinajstić information content (AvgIpc) is 2.88. The molecule has 1 amide bonds. The van der Waals surface area contributed by atoms with Crippen molar-refractivity contribution >= 4 is 17.4 Å². The SMILES string of the molecule is Cc1cnc2c(CC(C)(C)C)c(NC(=O)CCC3CCCCC3)nn2c1. The zero-order chi connectivity index (χ0) is 18.7. The number of fused-ring (bicyclic) bond motifs is 1. The Hall–Kier alpha value is -1.91. The standard InChI is InChI=1S/C21H32N4O/c1-15-13-22-20-17(12-21(2,3)4)19(24-25(20)14-15)23-18(26)11-10-16-8-6-5-7-9-16/h13-14,16H,5-12H2,1-4H3,(H,23,24,26). The van der Waals surface area contributed by atoms with E-state index in [1.54, 1.807) is 4.52 Å². The zero-order valence-corrected chi connectivity index (χ0v) is 16.6. The van der Waals surface area contributed by atoms with E-state index in [0.29, 0.717) is 18.2 Å². The van der Waals surface area contributed by atoms with Crippen molar-refractivity contribution in [1.82, 2.24) is 14.6 Å². The van der Waals surface area contributed by atoms with Gasteiger partial charge in [-0.15, -0.1) is 5.10 Å². The number of nitrogens with one attached hydrogen (secondary N) is 1. The van der Waals surface area contributed by atoms with Crippen LogP contribution in [0, 0.1) is 18.3 Å². The first kappa shape index (κ1) is 18.9. The van der Waals surface area contributed by atoms with Gasteiger partial charge in [-0.3, -0.25) is 4.79 Å². The van der Waals surface area contributed by atoms with E-state index < -0.39 is 0 Å². The summed E-state index contributed by atoms with van der Waals surface area (Å²) < 4.78 is 1.80. The molecule has 5 nitrogen and oxygen atoms in total. The molecule has 142 valence electrons. The van der Waals surface area contributed by atoms with Gasteiger partial charge in [0.1, 0.15) is 0 Å². The summed E-state index contributed by atoms with van der Waals surface area (Å²) >= 11 is 0. The second kappa shape index (κ2) is 7.77. The lowest BCUT2D eigenvalue weighted by Gasteiger charge is -2.21. The third-order valence-corrected chi connectivity index (χ3v) is 5.17. The molecule has 1 saturated carbocycles. The molecule has 0 spiro atoms. The van der Waals surface area contributed by atoms with E-state index in [-0.39, 0.29) is 11.3 Å². The van der Waals surface area contributed by atoms with Crippen LogP contribution in [0.4, 0.5) is 5.82 Å². The van der Waals surface area contributed by atoms with Crippen molar-refractivity contribution in [2.75, 3.05) is 5.32 Å². The van der Waals surface area contributed by atoms with Gasteiger partial charge >= 0.3 is 0 Å². The van der Waals surface area contributed by atoms with Gasteiger partial charge in [0, 0.05) is 24.4 Å². The summed E-state index contributed by atoms with van der Waals surface area (Å²) in [5.74, 6) is 1.46. The van der Waals surface area contributed by atoms with Gasteiger partial charge < -0.3 is 5.32 Å². The summed E-state index contributed by atoms with van der Waals surface area (Å²) in [6.45, 7) is 8.58. The van der Waals surface area contributed by atoms with E-state index in [9.17, 15) is 4.79 Å². The van der Waals surface area contributed by atoms with Crippen LogP contribution < -0.4 is 5.32 Å². The molecular weight excluding hydrogens is 324 g/mol. The van der Waals surface area contributed by atoms with E-state index in [1.165, 1.54) is 32.1 Å². The van der Waals surface area contributed by atoms with Crippen molar-refractivity contribution in [2.45, 2.75) is 79.1 Å². The summed E-state index contributed by atoms with van der Waals surface area (Å²) in [4.78, 5) is 17.1. The van der Waals surface area contributed by atoms with Crippen molar-refractivity contribution < 1.29 is 4.79 Å². The molecule has 2 heterocycles. The van der Waals surface area contributed by atoms with Crippen LogP contribution in [0.5, 0.6) is 0 Å². The fourth-order valence-corrected chi connectivity index (χ4v) is 3.88. The predicted octanol–water partition coefficient (Wildman–Crippen LogP) is 4.93. The molecule has 3 rings (SSSR count). The lowest BCUT2D eigenvalue weighted by Crippen LogP contribution is -2.17. The van der Waals surface area contributed by atoms with E-state index in [0.717, 1.165) is 29.6 Å². The van der Waals surface area contributed by atoms with Crippen LogP contribution in [0.25, 0.3) is 5.65 Å². The number of amides is 1. The maximum Gasteiger partial charge on any atom is 0.225 e. The summed E-state index contributed by atoms with van der Waals surface area (Å²) in [6.07, 6.45) is 12.8. The molecule has 0 bridgehead atoms. The summed E-state index contributed by atoms with van der Waals surface area (Å²) in [6, 6.07) is 0. The van der Waals surface area contributed by atoms with Gasteiger partial charge in [0.15, 0.2) is 11.5 Å². The monoisotopic (exact) mass is 356 g/mol. The van der Waals surface area contributed by atoms with E-state index in [4.69, 9.17) is 0 Å². The van der Waals surface area contributed by atoms with E-state index in [1.807, 2.05) is 19.3 Å². The van der Waals surface area contributed by atoms with Crippen molar-refractivity contribution in [3.63, 3.8) is 0 Å². The number of aromatic nitrogens is 3. The Kier molecular flexibility index (Phi) is 5.64. The topological polar surface area (TPSA) is 59.3 Å². The molecule has 2 aromatic rings. The highest BCUT2D eigenvalue weighted by Gasteiger charge is 2.22. The van der Waals surface area contributed by atoms with Crippen LogP contribution in [0.1, 0.15) is 76.8 Å². The minimum absolute atomic E-state index is 0.0749. The molecule has 1 N–H and O–H groups in total. The minimum atomic E-state index is 0.0749. The van der Waals surface area contributed by atoms with Crippen LogP contribution in [0.2, 0.25) is 0 Å². The van der Waals surface area contributed by atoms with Crippen LogP contribution in [0.15, 0.2) is 12.4 Å². The van der Waals surface area contributed by atoms with Gasteiger partial charge in [-0.1, -0.05) is 52.9 Å². The maximum atomic E-state index is 12.5. The molecule has 0 aliphatic heterocycles. The average molecular weight is 357 g/mol. The third-order valence-electron chi connectivity index (χ3n) is 5.17. The van der Waals surface area contributed by atoms with Crippen LogP contribution >= 0.6 is 0 Å². The lowest BCUT2D eigenvalue weighted by molar-refractivity contribution is -0.116. The Morgan fingerprint density at radius 1 is 1.27 bits per heavy atom. The Labute approximate surface area is 156 Å². The predicted molar refractivity (Wildman–Crippen MR) is 105 cm³/mol. The molecule has 5 heteroatoms. The van der Waals surface area contributed by atoms with Crippen LogP contribution in [-0.4, -0.2) is 20.5 Å². The van der Waals surface area contributed by atoms with Gasteiger partial charge in [0.25, 0.3) is 0 Å². The van der Waals surface area contributed by atoms with E-state index >= 15 is 0 Å². The van der Waals surface area contributed by atoms with Gasteiger partial charge in [0.2, 0.25) is 5.91 Å². The number of hydrogen-bond donors (Lipinski definition) is 1. The molecule has 1 fully saturated rings. The highest BCUT2D eigenvalue weighted by molar-refractivity contribution is 5.91. The number of carbonyl (C=O) groups excluding carboxylic acids is 1. The van der Waals surface area contributed by atoms with Crippen molar-refractivity contribution in [1.29, 1.82) is 0 Å². The fraction of sp³-hybridized carbons (Fsp3) is 0.667. The molecule has 1 aliphatic rings. The van der Waals surface area contributed by atoms with E-state index in [2.05, 4.69) is 36.2 Å². The zero-order valence-electron chi connectivity index (χ0n) is 16.6. The smallest absolute Gasteiger partial charge is 0.225 e. The minimum Gasteiger partial charge on any atom is -0.309 e. The molecule has 0 radical (unpaired) electrons. The van der Waals surface area contributed by atoms with Gasteiger partial charge in [-0.05, 0) is 36.7 Å². The maximum absolute atomic E-state index is 12.5. The van der Waals surface area contributed by atoms with Crippen molar-refractivity contribution in [3.05, 3.63) is 23.5 Å². The molecular formula is C21H32N4O. The first-order chi connectivity index (χ1) is 12.3. The molecule has 26 heavy (non-hydrogen) atoms. The number of hydrogen-bond acceptors (Lipinski definition) is 3. The highest BCUT2D eigenvalue weighted by atomic mass is 16.1. The lowest BCUT2D eigenvalue weighted by atomic mass is 9.86. The van der Waals surface area contributed by atoms with Gasteiger partial charge in [-0.25, -0.2) is 9.50 Å². The normalized spacial score (nSPS) is 16.2. The Balaban J connectivity index is 1.74. The first-order valence-corrected chi connectivity index (χ1v) is 9.95.